The third-order valence-corrected chi connectivity index (χ3v) is 4.27. The molecule has 0 radical (unpaired) electrons. The molecule has 3 rings (SSSR count). The number of rotatable bonds is 1. The molecule has 2 aliphatic rings. The van der Waals surface area contributed by atoms with Gasteiger partial charge in [-0.15, -0.1) is 0 Å². The predicted octanol–water partition coefficient (Wildman–Crippen LogP) is 4.01. The lowest BCUT2D eigenvalue weighted by Gasteiger charge is -2.34. The van der Waals surface area contributed by atoms with Crippen molar-refractivity contribution in [3.05, 3.63) is 34.3 Å². The first-order valence-corrected chi connectivity index (χ1v) is 6.52. The normalized spacial score (nSPS) is 34.3. The molecular formula is C13H15BrO. The first kappa shape index (κ1) is 9.86. The highest BCUT2D eigenvalue weighted by atomic mass is 79.9. The number of hydrogen-bond donors (Lipinski definition) is 0. The summed E-state index contributed by atoms with van der Waals surface area (Å²) in [6.45, 7) is 0. The van der Waals surface area contributed by atoms with Crippen LogP contribution in [0.15, 0.2) is 28.7 Å². The summed E-state index contributed by atoms with van der Waals surface area (Å²) >= 11 is 3.48. The highest BCUT2D eigenvalue weighted by Crippen LogP contribution is 2.48. The van der Waals surface area contributed by atoms with Gasteiger partial charge in [0.2, 0.25) is 0 Å². The van der Waals surface area contributed by atoms with Crippen LogP contribution in [0.4, 0.5) is 0 Å². The standard InChI is InChI=1S/C13H15BrO/c14-11-5-3-10(4-6-11)13-8-1-2-12(15-13)7-9-13/h3-6,12H,1-2,7-9H2. The molecule has 15 heavy (non-hydrogen) atoms. The number of ether oxygens (including phenoxy) is 1. The maximum atomic E-state index is 6.20. The van der Waals surface area contributed by atoms with Gasteiger partial charge in [0, 0.05) is 4.47 Å². The van der Waals surface area contributed by atoms with E-state index in [0.717, 1.165) is 4.47 Å². The van der Waals surface area contributed by atoms with Crippen LogP contribution < -0.4 is 0 Å². The van der Waals surface area contributed by atoms with Gasteiger partial charge in [0.25, 0.3) is 0 Å². The van der Waals surface area contributed by atoms with Crippen LogP contribution in [0.1, 0.15) is 37.7 Å². The highest BCUT2D eigenvalue weighted by molar-refractivity contribution is 9.10. The molecule has 80 valence electrons. The lowest BCUT2D eigenvalue weighted by Crippen LogP contribution is -2.30. The Morgan fingerprint density at radius 3 is 2.73 bits per heavy atom. The van der Waals surface area contributed by atoms with Crippen molar-refractivity contribution in [3.63, 3.8) is 0 Å². The molecule has 0 aromatic heterocycles. The Kier molecular flexibility index (Phi) is 2.37. The van der Waals surface area contributed by atoms with Crippen molar-refractivity contribution in [2.75, 3.05) is 0 Å². The van der Waals surface area contributed by atoms with Crippen molar-refractivity contribution < 1.29 is 4.74 Å². The molecule has 1 aromatic carbocycles. The summed E-state index contributed by atoms with van der Waals surface area (Å²) in [4.78, 5) is 0. The molecule has 2 saturated heterocycles. The third-order valence-electron chi connectivity index (χ3n) is 3.74. The zero-order valence-electron chi connectivity index (χ0n) is 8.71. The second-order valence-corrected chi connectivity index (χ2v) is 5.59. The van der Waals surface area contributed by atoms with Crippen molar-refractivity contribution in [3.8, 4) is 0 Å². The number of hydrogen-bond acceptors (Lipinski definition) is 1. The zero-order chi connectivity index (χ0) is 10.3. The molecule has 0 aliphatic carbocycles. The summed E-state index contributed by atoms with van der Waals surface area (Å²) in [6.07, 6.45) is 6.77. The number of fused-ring (bicyclic) bond motifs is 2. The van der Waals surface area contributed by atoms with Crippen LogP contribution in [0.25, 0.3) is 0 Å². The number of halogens is 1. The summed E-state index contributed by atoms with van der Waals surface area (Å²) in [7, 11) is 0. The topological polar surface area (TPSA) is 9.23 Å². The Bertz CT molecular complexity index is 355. The van der Waals surface area contributed by atoms with E-state index in [9.17, 15) is 0 Å². The molecular weight excluding hydrogens is 252 g/mol. The Balaban J connectivity index is 1.95. The van der Waals surface area contributed by atoms with E-state index in [1.54, 1.807) is 0 Å². The van der Waals surface area contributed by atoms with Crippen molar-refractivity contribution >= 4 is 15.9 Å². The van der Waals surface area contributed by atoms with E-state index in [1.807, 2.05) is 0 Å². The quantitative estimate of drug-likeness (QED) is 0.747. The van der Waals surface area contributed by atoms with Gasteiger partial charge >= 0.3 is 0 Å². The van der Waals surface area contributed by atoms with Gasteiger partial charge in [-0.2, -0.15) is 0 Å². The van der Waals surface area contributed by atoms with E-state index in [0.29, 0.717) is 6.10 Å². The molecule has 2 aliphatic heterocycles. The predicted molar refractivity (Wildman–Crippen MR) is 63.8 cm³/mol. The summed E-state index contributed by atoms with van der Waals surface area (Å²) in [5.74, 6) is 0. The molecule has 0 amide bonds. The molecule has 2 fully saturated rings. The molecule has 2 bridgehead atoms. The van der Waals surface area contributed by atoms with Crippen LogP contribution in [-0.2, 0) is 10.3 Å². The lowest BCUT2D eigenvalue weighted by atomic mass is 9.87. The summed E-state index contributed by atoms with van der Waals surface area (Å²) < 4.78 is 7.34. The van der Waals surface area contributed by atoms with Crippen molar-refractivity contribution in [2.24, 2.45) is 0 Å². The fraction of sp³-hybridized carbons (Fsp3) is 0.538. The van der Waals surface area contributed by atoms with Crippen molar-refractivity contribution in [1.82, 2.24) is 0 Å². The maximum absolute atomic E-state index is 6.20. The zero-order valence-corrected chi connectivity index (χ0v) is 10.3. The molecule has 2 heterocycles. The summed E-state index contributed by atoms with van der Waals surface area (Å²) in [5, 5.41) is 0. The Labute approximate surface area is 99.0 Å². The first-order valence-electron chi connectivity index (χ1n) is 5.72. The van der Waals surface area contributed by atoms with Crippen molar-refractivity contribution in [1.29, 1.82) is 0 Å². The van der Waals surface area contributed by atoms with Crippen molar-refractivity contribution in [2.45, 2.75) is 43.8 Å². The smallest absolute Gasteiger partial charge is 0.0936 e. The summed E-state index contributed by atoms with van der Waals surface area (Å²) in [6, 6.07) is 8.65. The second kappa shape index (κ2) is 3.60. The van der Waals surface area contributed by atoms with Gasteiger partial charge in [0.15, 0.2) is 0 Å². The number of benzene rings is 1. The molecule has 2 atom stereocenters. The van der Waals surface area contributed by atoms with Crippen LogP contribution in [0.2, 0.25) is 0 Å². The molecule has 0 spiro atoms. The largest absolute Gasteiger partial charge is 0.367 e. The van der Waals surface area contributed by atoms with Gasteiger partial charge < -0.3 is 4.74 Å². The fourth-order valence-electron chi connectivity index (χ4n) is 2.94. The van der Waals surface area contributed by atoms with Crippen LogP contribution >= 0.6 is 15.9 Å². The van der Waals surface area contributed by atoms with E-state index in [1.165, 1.54) is 37.7 Å². The van der Waals surface area contributed by atoms with Gasteiger partial charge in [0.1, 0.15) is 0 Å². The Hall–Kier alpha value is -0.340. The van der Waals surface area contributed by atoms with Gasteiger partial charge in [-0.3, -0.25) is 0 Å². The van der Waals surface area contributed by atoms with E-state index in [4.69, 9.17) is 4.74 Å². The molecule has 2 unspecified atom stereocenters. The van der Waals surface area contributed by atoms with Gasteiger partial charge in [0.05, 0.1) is 11.7 Å². The molecule has 2 heteroatoms. The first-order chi connectivity index (χ1) is 7.28. The van der Waals surface area contributed by atoms with Gasteiger partial charge in [-0.05, 0) is 49.8 Å². The minimum atomic E-state index is 0.0591. The molecule has 0 N–H and O–H groups in total. The molecule has 1 nitrogen and oxygen atoms in total. The molecule has 1 aromatic rings. The minimum Gasteiger partial charge on any atom is -0.367 e. The average Bonchev–Trinajstić information content (AvgIpc) is 2.56. The van der Waals surface area contributed by atoms with Crippen LogP contribution in [0.5, 0.6) is 0 Å². The fourth-order valence-corrected chi connectivity index (χ4v) is 3.21. The highest BCUT2D eigenvalue weighted by Gasteiger charge is 2.44. The third kappa shape index (κ3) is 1.64. The average molecular weight is 267 g/mol. The lowest BCUT2D eigenvalue weighted by molar-refractivity contribution is -0.0815. The van der Waals surface area contributed by atoms with E-state index < -0.39 is 0 Å². The maximum Gasteiger partial charge on any atom is 0.0936 e. The van der Waals surface area contributed by atoms with E-state index in [-0.39, 0.29) is 5.60 Å². The molecule has 0 saturated carbocycles. The van der Waals surface area contributed by atoms with E-state index in [2.05, 4.69) is 40.2 Å². The Morgan fingerprint density at radius 2 is 1.93 bits per heavy atom. The van der Waals surface area contributed by atoms with Crippen LogP contribution in [0.3, 0.4) is 0 Å². The SMILES string of the molecule is Brc1ccc(C23CCCC(CC2)O3)cc1. The van der Waals surface area contributed by atoms with Crippen LogP contribution in [-0.4, -0.2) is 6.10 Å². The second-order valence-electron chi connectivity index (χ2n) is 4.67. The monoisotopic (exact) mass is 266 g/mol. The van der Waals surface area contributed by atoms with E-state index >= 15 is 0 Å². The van der Waals surface area contributed by atoms with Gasteiger partial charge in [-0.25, -0.2) is 0 Å². The Morgan fingerprint density at radius 1 is 1.13 bits per heavy atom. The van der Waals surface area contributed by atoms with Gasteiger partial charge in [-0.1, -0.05) is 28.1 Å². The van der Waals surface area contributed by atoms with Crippen LogP contribution in [0, 0.1) is 0 Å². The summed E-state index contributed by atoms with van der Waals surface area (Å²) in [5.41, 5.74) is 1.43. The minimum absolute atomic E-state index is 0.0591.